The van der Waals surface area contributed by atoms with E-state index in [9.17, 15) is 14.4 Å². The molecule has 0 saturated carbocycles. The van der Waals surface area contributed by atoms with E-state index >= 15 is 0 Å². The molecule has 2 bridgehead atoms. The Morgan fingerprint density at radius 1 is 1.00 bits per heavy atom. The van der Waals surface area contributed by atoms with Crippen molar-refractivity contribution in [2.75, 3.05) is 40.5 Å². The molecule has 0 radical (unpaired) electrons. The van der Waals surface area contributed by atoms with Gasteiger partial charge in [0, 0.05) is 43.5 Å². The summed E-state index contributed by atoms with van der Waals surface area (Å²) in [6, 6.07) is 12.5. The maximum absolute atomic E-state index is 13.1. The summed E-state index contributed by atoms with van der Waals surface area (Å²) in [5, 5.41) is 0.730. The van der Waals surface area contributed by atoms with Gasteiger partial charge < -0.3 is 28.4 Å². The van der Waals surface area contributed by atoms with Crippen LogP contribution in [0.4, 0.5) is 0 Å². The van der Waals surface area contributed by atoms with Gasteiger partial charge in [0.25, 0.3) is 5.91 Å². The van der Waals surface area contributed by atoms with E-state index in [2.05, 4.69) is 4.90 Å². The molecular formula is C30H32N2O7. The molecule has 9 nitrogen and oxygen atoms in total. The van der Waals surface area contributed by atoms with E-state index in [1.54, 1.807) is 50.6 Å². The van der Waals surface area contributed by atoms with Crippen LogP contribution in [0, 0.1) is 11.8 Å². The van der Waals surface area contributed by atoms with Crippen LogP contribution in [0.2, 0.25) is 0 Å². The first kappa shape index (κ1) is 25.3. The van der Waals surface area contributed by atoms with Crippen LogP contribution in [0.15, 0.2) is 51.7 Å². The summed E-state index contributed by atoms with van der Waals surface area (Å²) in [5.41, 5.74) is 0.948. The van der Waals surface area contributed by atoms with E-state index in [4.69, 9.17) is 18.6 Å². The lowest BCUT2D eigenvalue weighted by Gasteiger charge is -2.52. The first-order valence-corrected chi connectivity index (χ1v) is 13.4. The van der Waals surface area contributed by atoms with Crippen LogP contribution in [0.1, 0.15) is 25.7 Å². The number of likely N-dealkylation sites (tertiary alicyclic amines) is 1. The Morgan fingerprint density at radius 2 is 1.85 bits per heavy atom. The lowest BCUT2D eigenvalue weighted by atomic mass is 9.76. The van der Waals surface area contributed by atoms with Gasteiger partial charge in [-0.15, -0.1) is 0 Å². The second-order valence-electron chi connectivity index (χ2n) is 10.7. The summed E-state index contributed by atoms with van der Waals surface area (Å²) in [6.07, 6.45) is 3.69. The Kier molecular flexibility index (Phi) is 6.66. The van der Waals surface area contributed by atoms with Crippen LogP contribution >= 0.6 is 0 Å². The van der Waals surface area contributed by atoms with Gasteiger partial charge in [0.2, 0.25) is 5.91 Å². The van der Waals surface area contributed by atoms with Crippen LogP contribution in [0.5, 0.6) is 17.2 Å². The number of rotatable bonds is 6. The van der Waals surface area contributed by atoms with Gasteiger partial charge in [-0.3, -0.25) is 9.59 Å². The lowest BCUT2D eigenvalue weighted by Crippen LogP contribution is -2.61. The van der Waals surface area contributed by atoms with Crippen molar-refractivity contribution in [1.82, 2.24) is 9.80 Å². The molecule has 0 spiro atoms. The summed E-state index contributed by atoms with van der Waals surface area (Å²) >= 11 is 0. The molecule has 2 aromatic carbocycles. The number of methoxy groups -OCH3 is 2. The monoisotopic (exact) mass is 532 g/mol. The maximum atomic E-state index is 13.1. The van der Waals surface area contributed by atoms with Crippen LogP contribution in [-0.4, -0.2) is 68.1 Å². The quantitative estimate of drug-likeness (QED) is 0.447. The molecule has 3 fully saturated rings. The molecule has 3 atom stereocenters. The fourth-order valence-corrected chi connectivity index (χ4v) is 6.44. The molecular weight excluding hydrogens is 500 g/mol. The fourth-order valence-electron chi connectivity index (χ4n) is 6.44. The highest BCUT2D eigenvalue weighted by molar-refractivity contribution is 5.83. The van der Waals surface area contributed by atoms with Crippen LogP contribution in [0.25, 0.3) is 22.1 Å². The van der Waals surface area contributed by atoms with Crippen molar-refractivity contribution in [3.05, 3.63) is 52.9 Å². The number of fused-ring (bicyclic) bond motifs is 5. The van der Waals surface area contributed by atoms with Gasteiger partial charge in [0.05, 0.1) is 19.8 Å². The largest absolute Gasteiger partial charge is 0.493 e. The van der Waals surface area contributed by atoms with Crippen LogP contribution in [-0.2, 0) is 9.59 Å². The van der Waals surface area contributed by atoms with Gasteiger partial charge >= 0.3 is 5.63 Å². The van der Waals surface area contributed by atoms with Gasteiger partial charge in [-0.05, 0) is 67.0 Å². The van der Waals surface area contributed by atoms with E-state index in [1.165, 1.54) is 0 Å². The molecule has 39 heavy (non-hydrogen) atoms. The minimum atomic E-state index is -0.488. The summed E-state index contributed by atoms with van der Waals surface area (Å²) < 4.78 is 22.1. The molecule has 6 rings (SSSR count). The smallest absolute Gasteiger partial charge is 0.344 e. The Labute approximate surface area is 226 Å². The normalized spacial score (nSPS) is 22.4. The zero-order chi connectivity index (χ0) is 27.1. The first-order valence-electron chi connectivity index (χ1n) is 13.4. The van der Waals surface area contributed by atoms with Crippen molar-refractivity contribution in [2.24, 2.45) is 11.8 Å². The number of benzene rings is 2. The molecule has 3 aromatic rings. The average Bonchev–Trinajstić information content (AvgIpc) is 2.95. The van der Waals surface area contributed by atoms with Crippen LogP contribution in [0.3, 0.4) is 0 Å². The molecule has 3 aliphatic heterocycles. The van der Waals surface area contributed by atoms with E-state index in [0.29, 0.717) is 65.3 Å². The molecule has 0 aliphatic carbocycles. The molecule has 1 aromatic heterocycles. The van der Waals surface area contributed by atoms with Crippen molar-refractivity contribution < 1.29 is 28.2 Å². The van der Waals surface area contributed by atoms with Gasteiger partial charge in [-0.25, -0.2) is 4.79 Å². The third-order valence-corrected chi connectivity index (χ3v) is 8.30. The third-order valence-electron chi connectivity index (χ3n) is 8.30. The van der Waals surface area contributed by atoms with Gasteiger partial charge in [-0.1, -0.05) is 6.07 Å². The van der Waals surface area contributed by atoms with Crippen molar-refractivity contribution in [3.63, 3.8) is 0 Å². The Morgan fingerprint density at radius 3 is 2.67 bits per heavy atom. The van der Waals surface area contributed by atoms with Gasteiger partial charge in [0.1, 0.15) is 11.3 Å². The Hall–Kier alpha value is -4.01. The minimum absolute atomic E-state index is 0.0642. The van der Waals surface area contributed by atoms with E-state index in [0.717, 1.165) is 31.2 Å². The molecule has 9 heteroatoms. The number of carbonyl (C=O) groups is 2. The Bertz CT molecular complexity index is 1480. The summed E-state index contributed by atoms with van der Waals surface area (Å²) in [5.74, 6) is 2.40. The second-order valence-corrected chi connectivity index (χ2v) is 10.7. The number of amides is 2. The number of ether oxygens (including phenoxy) is 3. The highest BCUT2D eigenvalue weighted by Gasteiger charge is 2.44. The molecule has 4 heterocycles. The predicted octanol–water partition coefficient (Wildman–Crippen LogP) is 3.72. The van der Waals surface area contributed by atoms with Gasteiger partial charge in [0.15, 0.2) is 18.1 Å². The maximum Gasteiger partial charge on any atom is 0.344 e. The average molecular weight is 533 g/mol. The standard InChI is InChI=1S/C30H32N2O7/c1-36-25-9-7-19(12-27(25)37-2)23-11-20-6-8-22(13-26(20)39-30(23)35)38-17-29(34)31-14-18-10-21(16-31)24-4-3-5-28(33)32(24)15-18/h6-9,11-13,18,21,24H,3-5,10,14-17H2,1-2H3. The first-order chi connectivity index (χ1) is 18.9. The third kappa shape index (κ3) is 4.82. The molecule has 204 valence electrons. The number of nitrogens with zero attached hydrogens (tertiary/aromatic N) is 2. The predicted molar refractivity (Wildman–Crippen MR) is 144 cm³/mol. The lowest BCUT2D eigenvalue weighted by molar-refractivity contribution is -0.149. The van der Waals surface area contributed by atoms with Crippen LogP contribution < -0.4 is 19.8 Å². The van der Waals surface area contributed by atoms with E-state index < -0.39 is 5.63 Å². The second kappa shape index (κ2) is 10.3. The number of hydrogen-bond donors (Lipinski definition) is 0. The molecule has 3 unspecified atom stereocenters. The van der Waals surface area contributed by atoms with E-state index in [-0.39, 0.29) is 24.5 Å². The molecule has 2 amide bonds. The highest BCUT2D eigenvalue weighted by atomic mass is 16.5. The zero-order valence-electron chi connectivity index (χ0n) is 22.2. The molecule has 3 saturated heterocycles. The number of hydrogen-bond acceptors (Lipinski definition) is 7. The SMILES string of the molecule is COc1ccc(-c2cc3ccc(OCC(=O)N4CC5CC(C4)C4CCCC(=O)N4C5)cc3oc2=O)cc1OC. The number of piperidine rings is 3. The van der Waals surface area contributed by atoms with Crippen molar-refractivity contribution in [2.45, 2.75) is 31.7 Å². The summed E-state index contributed by atoms with van der Waals surface area (Å²) in [6.45, 7) is 1.98. The highest BCUT2D eigenvalue weighted by Crippen LogP contribution is 2.38. The Balaban J connectivity index is 1.14. The molecule has 0 N–H and O–H groups in total. The van der Waals surface area contributed by atoms with E-state index in [1.807, 2.05) is 11.0 Å². The molecule has 3 aliphatic rings. The summed E-state index contributed by atoms with van der Waals surface area (Å²) in [7, 11) is 3.10. The minimum Gasteiger partial charge on any atom is -0.493 e. The van der Waals surface area contributed by atoms with Gasteiger partial charge in [-0.2, -0.15) is 0 Å². The topological polar surface area (TPSA) is 98.5 Å². The number of carbonyl (C=O) groups excluding carboxylic acids is 2. The zero-order valence-corrected chi connectivity index (χ0v) is 22.2. The van der Waals surface area contributed by atoms with Crippen molar-refractivity contribution in [1.29, 1.82) is 0 Å². The van der Waals surface area contributed by atoms with Crippen molar-refractivity contribution in [3.8, 4) is 28.4 Å². The summed E-state index contributed by atoms with van der Waals surface area (Å²) in [4.78, 5) is 42.2. The fraction of sp³-hybridized carbons (Fsp3) is 0.433. The van der Waals surface area contributed by atoms with Crippen molar-refractivity contribution >= 4 is 22.8 Å².